The quantitative estimate of drug-likeness (QED) is 0.426. The number of halogens is 1. The van der Waals surface area contributed by atoms with Gasteiger partial charge in [-0.05, 0) is 36.4 Å². The van der Waals surface area contributed by atoms with E-state index in [9.17, 15) is 20.0 Å². The summed E-state index contributed by atoms with van der Waals surface area (Å²) in [5, 5.41) is 26.5. The van der Waals surface area contributed by atoms with Crippen molar-refractivity contribution >= 4 is 35.1 Å². The molecule has 26 heavy (non-hydrogen) atoms. The number of nitrogens with zero attached hydrogens (tertiary/aromatic N) is 4. The number of nitro groups is 1. The minimum atomic E-state index is -0.844. The second-order valence-electron chi connectivity index (χ2n) is 5.27. The number of nitro benzene ring substituents is 1. The number of hydrogen-bond donors (Lipinski definition) is 1. The summed E-state index contributed by atoms with van der Waals surface area (Å²) >= 11 is 5.77. The highest BCUT2D eigenvalue weighted by molar-refractivity contribution is 6.31. The molecule has 0 unspecified atom stereocenters. The number of carbonyl (C=O) groups is 1. The van der Waals surface area contributed by atoms with E-state index in [1.165, 1.54) is 6.07 Å². The van der Waals surface area contributed by atoms with Crippen LogP contribution < -0.4 is 10.5 Å². The van der Waals surface area contributed by atoms with Crippen LogP contribution in [0.1, 0.15) is 21.7 Å². The van der Waals surface area contributed by atoms with Gasteiger partial charge in [-0.15, -0.1) is 0 Å². The highest BCUT2D eigenvalue weighted by atomic mass is 35.5. The zero-order valence-corrected chi connectivity index (χ0v) is 14.1. The summed E-state index contributed by atoms with van der Waals surface area (Å²) in [5.41, 5.74) is 2.90. The summed E-state index contributed by atoms with van der Waals surface area (Å²) < 4.78 is 1.60. The molecule has 0 aliphatic rings. The number of aromatic nitrogens is 2. The lowest BCUT2D eigenvalue weighted by atomic mass is 10.2. The number of hydrogen-bond acceptors (Lipinski definition) is 6. The fourth-order valence-corrected chi connectivity index (χ4v) is 2.65. The van der Waals surface area contributed by atoms with Crippen molar-refractivity contribution in [2.45, 2.75) is 6.92 Å². The molecule has 1 amide bonds. The summed E-state index contributed by atoms with van der Waals surface area (Å²) in [5.74, 6) is -1.38. The van der Waals surface area contributed by atoms with E-state index in [-0.39, 0.29) is 16.3 Å². The van der Waals surface area contributed by atoms with Crippen LogP contribution >= 0.6 is 11.6 Å². The van der Waals surface area contributed by atoms with Crippen LogP contribution in [0.2, 0.25) is 5.02 Å². The molecule has 0 saturated heterocycles. The smallest absolute Gasteiger partial charge is 0.290 e. The average Bonchev–Trinajstić information content (AvgIpc) is 2.93. The fourth-order valence-electron chi connectivity index (χ4n) is 2.43. The Morgan fingerprint density at radius 2 is 2.19 bits per heavy atom. The van der Waals surface area contributed by atoms with E-state index in [0.717, 1.165) is 12.3 Å². The zero-order valence-electron chi connectivity index (χ0n) is 13.3. The minimum Gasteiger partial charge on any atom is -0.867 e. The maximum atomic E-state index is 12.4. The van der Waals surface area contributed by atoms with E-state index in [4.69, 9.17) is 11.6 Å². The van der Waals surface area contributed by atoms with Gasteiger partial charge in [0.2, 0.25) is 0 Å². The van der Waals surface area contributed by atoms with Crippen molar-refractivity contribution in [3.8, 4) is 5.75 Å². The predicted octanol–water partition coefficient (Wildman–Crippen LogP) is 2.04. The van der Waals surface area contributed by atoms with Crippen LogP contribution in [0.25, 0.3) is 5.65 Å². The molecule has 0 bridgehead atoms. The molecule has 3 aromatic rings. The number of benzene rings is 1. The highest BCUT2D eigenvalue weighted by Gasteiger charge is 2.16. The molecule has 0 radical (unpaired) electrons. The van der Waals surface area contributed by atoms with Gasteiger partial charge in [0, 0.05) is 17.3 Å². The lowest BCUT2D eigenvalue weighted by Gasteiger charge is -2.10. The molecular weight excluding hydrogens is 362 g/mol. The SMILES string of the molecule is Cc1nc2ccccn2c1C(=O)N/N=C\c1cc(Cl)cc([N+](=O)[O-])c1[O-]. The molecule has 132 valence electrons. The summed E-state index contributed by atoms with van der Waals surface area (Å²) in [6, 6.07) is 7.49. The van der Waals surface area contributed by atoms with Gasteiger partial charge in [-0.25, -0.2) is 10.4 Å². The molecule has 9 nitrogen and oxygen atoms in total. The molecule has 1 aromatic carbocycles. The zero-order chi connectivity index (χ0) is 18.8. The van der Waals surface area contributed by atoms with Crippen LogP contribution in [0.15, 0.2) is 41.6 Å². The lowest BCUT2D eigenvalue weighted by molar-refractivity contribution is -0.398. The number of hydrazone groups is 1. The van der Waals surface area contributed by atoms with Crippen molar-refractivity contribution in [1.82, 2.24) is 14.8 Å². The molecular formula is C16H11ClN5O4-. The number of aryl methyl sites for hydroxylation is 1. The van der Waals surface area contributed by atoms with Gasteiger partial charge in [0.1, 0.15) is 11.3 Å². The molecule has 10 heteroatoms. The molecule has 2 aromatic heterocycles. The van der Waals surface area contributed by atoms with Gasteiger partial charge < -0.3 is 5.11 Å². The predicted molar refractivity (Wildman–Crippen MR) is 92.5 cm³/mol. The number of amides is 1. The van der Waals surface area contributed by atoms with Gasteiger partial charge in [0.15, 0.2) is 0 Å². The first-order valence-electron chi connectivity index (χ1n) is 7.30. The fraction of sp³-hybridized carbons (Fsp3) is 0.0625. The lowest BCUT2D eigenvalue weighted by Crippen LogP contribution is -2.20. The van der Waals surface area contributed by atoms with Gasteiger partial charge in [-0.2, -0.15) is 5.10 Å². The van der Waals surface area contributed by atoms with E-state index in [2.05, 4.69) is 15.5 Å². The Kier molecular flexibility index (Phi) is 4.55. The van der Waals surface area contributed by atoms with Crippen molar-refractivity contribution in [2.75, 3.05) is 0 Å². The Labute approximate surface area is 151 Å². The molecule has 0 aliphatic heterocycles. The van der Waals surface area contributed by atoms with Crippen LogP contribution in [0.3, 0.4) is 0 Å². The first-order chi connectivity index (χ1) is 12.4. The summed E-state index contributed by atoms with van der Waals surface area (Å²) in [6.45, 7) is 1.68. The molecule has 1 N–H and O–H groups in total. The topological polar surface area (TPSA) is 125 Å². The Morgan fingerprint density at radius 1 is 1.42 bits per heavy atom. The van der Waals surface area contributed by atoms with Crippen LogP contribution in [0.4, 0.5) is 5.69 Å². The normalized spacial score (nSPS) is 11.2. The number of nitrogens with one attached hydrogen (secondary N) is 1. The van der Waals surface area contributed by atoms with Crippen molar-refractivity contribution in [2.24, 2.45) is 5.10 Å². The molecule has 0 saturated carbocycles. The second-order valence-corrected chi connectivity index (χ2v) is 5.71. The average molecular weight is 373 g/mol. The maximum Gasteiger partial charge on any atom is 0.290 e. The van der Waals surface area contributed by atoms with E-state index < -0.39 is 22.3 Å². The van der Waals surface area contributed by atoms with Crippen LogP contribution in [-0.4, -0.2) is 26.4 Å². The standard InChI is InChI=1S/C16H12ClN5O4/c1-9-14(21-5-3-2-4-13(21)19-9)16(24)20-18-8-10-6-11(17)7-12(15(10)23)22(25)26/h2-8,23H,1H3,(H,20,24)/p-1/b18-8-. The third-order valence-corrected chi connectivity index (χ3v) is 3.77. The minimum absolute atomic E-state index is 0.0155. The summed E-state index contributed by atoms with van der Waals surface area (Å²) in [4.78, 5) is 26.6. The largest absolute Gasteiger partial charge is 0.867 e. The van der Waals surface area contributed by atoms with Crippen LogP contribution in [0.5, 0.6) is 5.75 Å². The highest BCUT2D eigenvalue weighted by Crippen LogP contribution is 2.29. The van der Waals surface area contributed by atoms with Gasteiger partial charge in [0.25, 0.3) is 11.6 Å². The Hall–Kier alpha value is -3.46. The van der Waals surface area contributed by atoms with Crippen molar-refractivity contribution < 1.29 is 14.8 Å². The third kappa shape index (κ3) is 3.20. The van der Waals surface area contributed by atoms with Crippen LogP contribution in [0, 0.1) is 17.0 Å². The molecule has 0 spiro atoms. The van der Waals surface area contributed by atoms with E-state index in [0.29, 0.717) is 11.3 Å². The Bertz CT molecular complexity index is 1060. The van der Waals surface area contributed by atoms with Gasteiger partial charge in [-0.3, -0.25) is 19.3 Å². The summed E-state index contributed by atoms with van der Waals surface area (Å²) in [7, 11) is 0. The van der Waals surface area contributed by atoms with Crippen molar-refractivity contribution in [1.29, 1.82) is 0 Å². The first-order valence-corrected chi connectivity index (χ1v) is 7.68. The number of imidazole rings is 1. The Morgan fingerprint density at radius 3 is 2.92 bits per heavy atom. The van der Waals surface area contributed by atoms with Gasteiger partial charge in [-0.1, -0.05) is 17.7 Å². The second kappa shape index (κ2) is 6.81. The number of fused-ring (bicyclic) bond motifs is 1. The Balaban J connectivity index is 1.86. The van der Waals surface area contributed by atoms with Crippen LogP contribution in [-0.2, 0) is 0 Å². The summed E-state index contributed by atoms with van der Waals surface area (Å²) in [6.07, 6.45) is 2.70. The number of carbonyl (C=O) groups excluding carboxylic acids is 1. The molecule has 0 atom stereocenters. The van der Waals surface area contributed by atoms with E-state index in [1.54, 1.807) is 35.7 Å². The molecule has 3 rings (SSSR count). The number of rotatable bonds is 4. The van der Waals surface area contributed by atoms with E-state index >= 15 is 0 Å². The van der Waals surface area contributed by atoms with Gasteiger partial charge >= 0.3 is 0 Å². The first kappa shape index (κ1) is 17.4. The maximum absolute atomic E-state index is 12.4. The molecule has 0 aliphatic carbocycles. The van der Waals surface area contributed by atoms with Crippen molar-refractivity contribution in [3.63, 3.8) is 0 Å². The third-order valence-electron chi connectivity index (χ3n) is 3.55. The number of pyridine rings is 1. The van der Waals surface area contributed by atoms with E-state index in [1.807, 2.05) is 0 Å². The van der Waals surface area contributed by atoms with Crippen molar-refractivity contribution in [3.05, 3.63) is 68.6 Å². The monoisotopic (exact) mass is 372 g/mol. The molecule has 0 fully saturated rings. The molecule has 2 heterocycles. The van der Waals surface area contributed by atoms with Gasteiger partial charge in [0.05, 0.1) is 16.8 Å².